The third kappa shape index (κ3) is 2.93. The molecule has 0 aliphatic carbocycles. The first kappa shape index (κ1) is 15.1. The molecule has 1 saturated heterocycles. The summed E-state index contributed by atoms with van der Waals surface area (Å²) in [5.41, 5.74) is -2.62. The number of methoxy groups -OCH3 is 1. The minimum absolute atomic E-state index is 0.0334. The second kappa shape index (κ2) is 5.63. The highest BCUT2D eigenvalue weighted by molar-refractivity contribution is 5.91. The van der Waals surface area contributed by atoms with E-state index in [4.69, 9.17) is 0 Å². The molecule has 0 spiro atoms. The van der Waals surface area contributed by atoms with Gasteiger partial charge in [-0.15, -0.1) is 0 Å². The summed E-state index contributed by atoms with van der Waals surface area (Å²) >= 11 is 0. The Bertz CT molecular complexity index is 582. The SMILES string of the molecule is COC(=O)[C@]1(F)CCN(C(=O)Nc2cccc(F)c2F)C1. The number of carbonyl (C=O) groups excluding carboxylic acids is 2. The van der Waals surface area contributed by atoms with E-state index in [1.807, 2.05) is 0 Å². The van der Waals surface area contributed by atoms with Gasteiger partial charge in [0.05, 0.1) is 19.3 Å². The third-order valence-electron chi connectivity index (χ3n) is 3.25. The van der Waals surface area contributed by atoms with E-state index >= 15 is 0 Å². The number of ether oxygens (including phenoxy) is 1. The summed E-state index contributed by atoms with van der Waals surface area (Å²) in [4.78, 5) is 24.2. The molecule has 21 heavy (non-hydrogen) atoms. The van der Waals surface area contributed by atoms with Crippen LogP contribution in [-0.2, 0) is 9.53 Å². The second-order valence-electron chi connectivity index (χ2n) is 4.66. The van der Waals surface area contributed by atoms with Crippen LogP contribution in [0, 0.1) is 11.6 Å². The van der Waals surface area contributed by atoms with Crippen molar-refractivity contribution >= 4 is 17.7 Å². The number of carbonyl (C=O) groups is 2. The van der Waals surface area contributed by atoms with Crippen LogP contribution < -0.4 is 5.32 Å². The van der Waals surface area contributed by atoms with Gasteiger partial charge in [-0.2, -0.15) is 0 Å². The maximum absolute atomic E-state index is 14.2. The molecular weight excluding hydrogens is 289 g/mol. The summed E-state index contributed by atoms with van der Waals surface area (Å²) in [6.07, 6.45) is -0.210. The first-order valence-electron chi connectivity index (χ1n) is 6.14. The number of likely N-dealkylation sites (tertiary alicyclic amines) is 1. The van der Waals surface area contributed by atoms with Gasteiger partial charge in [-0.3, -0.25) is 0 Å². The summed E-state index contributed by atoms with van der Waals surface area (Å²) in [5.74, 6) is -3.37. The number of halogens is 3. The molecule has 2 amide bonds. The molecule has 2 rings (SSSR count). The van der Waals surface area contributed by atoms with Gasteiger partial charge in [0.25, 0.3) is 0 Å². The van der Waals surface area contributed by atoms with Gasteiger partial charge in [0.2, 0.25) is 5.67 Å². The van der Waals surface area contributed by atoms with Crippen LogP contribution in [0.2, 0.25) is 0 Å². The summed E-state index contributed by atoms with van der Waals surface area (Å²) in [6.45, 7) is -0.531. The van der Waals surface area contributed by atoms with Crippen LogP contribution in [0.3, 0.4) is 0 Å². The lowest BCUT2D eigenvalue weighted by Crippen LogP contribution is -2.41. The number of alkyl halides is 1. The molecule has 1 heterocycles. The van der Waals surface area contributed by atoms with E-state index < -0.39 is 35.8 Å². The van der Waals surface area contributed by atoms with Crippen LogP contribution in [0.5, 0.6) is 0 Å². The Labute approximate surface area is 118 Å². The number of hydrogen-bond donors (Lipinski definition) is 1. The van der Waals surface area contributed by atoms with Crippen molar-refractivity contribution in [3.05, 3.63) is 29.8 Å². The molecule has 1 atom stereocenters. The highest BCUT2D eigenvalue weighted by Crippen LogP contribution is 2.27. The summed E-state index contributed by atoms with van der Waals surface area (Å²) in [7, 11) is 1.05. The van der Waals surface area contributed by atoms with Crippen molar-refractivity contribution in [2.24, 2.45) is 0 Å². The Kier molecular flexibility index (Phi) is 4.06. The van der Waals surface area contributed by atoms with Crippen LogP contribution in [0.4, 0.5) is 23.7 Å². The number of nitrogens with zero attached hydrogens (tertiary/aromatic N) is 1. The first-order valence-corrected chi connectivity index (χ1v) is 6.14. The average Bonchev–Trinajstić information content (AvgIpc) is 2.87. The van der Waals surface area contributed by atoms with E-state index in [-0.39, 0.29) is 18.7 Å². The zero-order chi connectivity index (χ0) is 15.6. The fourth-order valence-corrected chi connectivity index (χ4v) is 2.09. The van der Waals surface area contributed by atoms with Crippen molar-refractivity contribution in [3.8, 4) is 0 Å². The van der Waals surface area contributed by atoms with Crippen molar-refractivity contribution in [3.63, 3.8) is 0 Å². The van der Waals surface area contributed by atoms with Gasteiger partial charge in [0, 0.05) is 13.0 Å². The van der Waals surface area contributed by atoms with E-state index in [0.29, 0.717) is 0 Å². The number of nitrogens with one attached hydrogen (secondary N) is 1. The molecule has 0 unspecified atom stereocenters. The van der Waals surface area contributed by atoms with Gasteiger partial charge < -0.3 is 15.0 Å². The van der Waals surface area contributed by atoms with Crippen LogP contribution in [0.15, 0.2) is 18.2 Å². The van der Waals surface area contributed by atoms with Crippen LogP contribution in [0.25, 0.3) is 0 Å². The molecule has 5 nitrogen and oxygen atoms in total. The fraction of sp³-hybridized carbons (Fsp3) is 0.385. The number of urea groups is 1. The lowest BCUT2D eigenvalue weighted by atomic mass is 10.1. The van der Waals surface area contributed by atoms with Gasteiger partial charge in [-0.1, -0.05) is 6.07 Å². The Morgan fingerprint density at radius 1 is 1.38 bits per heavy atom. The zero-order valence-electron chi connectivity index (χ0n) is 11.2. The predicted molar refractivity (Wildman–Crippen MR) is 67.4 cm³/mol. The van der Waals surface area contributed by atoms with Crippen LogP contribution >= 0.6 is 0 Å². The van der Waals surface area contributed by atoms with Gasteiger partial charge in [0.1, 0.15) is 0 Å². The number of esters is 1. The van der Waals surface area contributed by atoms with E-state index in [2.05, 4.69) is 10.1 Å². The first-order chi connectivity index (χ1) is 9.87. The van der Waals surface area contributed by atoms with Gasteiger partial charge in [-0.25, -0.2) is 22.8 Å². The Morgan fingerprint density at radius 2 is 2.10 bits per heavy atom. The number of anilines is 1. The number of benzene rings is 1. The maximum atomic E-state index is 14.2. The lowest BCUT2D eigenvalue weighted by molar-refractivity contribution is -0.153. The monoisotopic (exact) mass is 302 g/mol. The molecule has 8 heteroatoms. The molecule has 1 N–H and O–H groups in total. The third-order valence-corrected chi connectivity index (χ3v) is 3.25. The van der Waals surface area contributed by atoms with E-state index in [1.54, 1.807) is 0 Å². The fourth-order valence-electron chi connectivity index (χ4n) is 2.09. The van der Waals surface area contributed by atoms with Gasteiger partial charge in [-0.05, 0) is 12.1 Å². The summed E-state index contributed by atoms with van der Waals surface area (Å²) in [5, 5.41) is 2.14. The predicted octanol–water partition coefficient (Wildman–Crippen LogP) is 2.08. The highest BCUT2D eigenvalue weighted by atomic mass is 19.2. The standard InChI is InChI=1S/C13H13F3N2O3/c1-21-11(19)13(16)5-6-18(7-13)12(20)17-9-4-2-3-8(14)10(9)15/h2-4H,5-7H2,1H3,(H,17,20)/t13-/m0/s1. The topological polar surface area (TPSA) is 58.6 Å². The van der Waals surface area contributed by atoms with E-state index in [0.717, 1.165) is 18.1 Å². The molecule has 1 aliphatic rings. The summed E-state index contributed by atoms with van der Waals surface area (Å²) in [6, 6.07) is 2.49. The van der Waals surface area contributed by atoms with Gasteiger partial charge in [0.15, 0.2) is 11.6 Å². The van der Waals surface area contributed by atoms with Crippen molar-refractivity contribution in [1.82, 2.24) is 4.90 Å². The Balaban J connectivity index is 2.06. The minimum atomic E-state index is -2.27. The average molecular weight is 302 g/mol. The smallest absolute Gasteiger partial charge is 0.345 e. The molecular formula is C13H13F3N2O3. The Hall–Kier alpha value is -2.25. The lowest BCUT2D eigenvalue weighted by Gasteiger charge is -2.19. The van der Waals surface area contributed by atoms with Crippen molar-refractivity contribution in [2.75, 3.05) is 25.5 Å². The molecule has 1 fully saturated rings. The largest absolute Gasteiger partial charge is 0.467 e. The van der Waals surface area contributed by atoms with Crippen molar-refractivity contribution < 1.29 is 27.5 Å². The number of hydrogen-bond acceptors (Lipinski definition) is 3. The molecule has 0 aromatic heterocycles. The van der Waals surface area contributed by atoms with E-state index in [1.165, 1.54) is 12.1 Å². The highest BCUT2D eigenvalue weighted by Gasteiger charge is 2.47. The maximum Gasteiger partial charge on any atom is 0.345 e. The van der Waals surface area contributed by atoms with Crippen molar-refractivity contribution in [1.29, 1.82) is 0 Å². The van der Waals surface area contributed by atoms with Crippen molar-refractivity contribution in [2.45, 2.75) is 12.1 Å². The minimum Gasteiger partial charge on any atom is -0.467 e. The second-order valence-corrected chi connectivity index (χ2v) is 4.66. The molecule has 1 aromatic carbocycles. The van der Waals surface area contributed by atoms with Gasteiger partial charge >= 0.3 is 12.0 Å². The number of amides is 2. The molecule has 1 aliphatic heterocycles. The number of rotatable bonds is 2. The normalized spacial score (nSPS) is 21.2. The molecule has 0 saturated carbocycles. The van der Waals surface area contributed by atoms with Crippen LogP contribution in [0.1, 0.15) is 6.42 Å². The molecule has 114 valence electrons. The Morgan fingerprint density at radius 3 is 2.76 bits per heavy atom. The molecule has 0 radical (unpaired) electrons. The molecule has 1 aromatic rings. The zero-order valence-corrected chi connectivity index (χ0v) is 11.2. The van der Waals surface area contributed by atoms with Crippen LogP contribution in [-0.4, -0.2) is 42.8 Å². The van der Waals surface area contributed by atoms with E-state index in [9.17, 15) is 22.8 Å². The molecule has 0 bridgehead atoms. The quantitative estimate of drug-likeness (QED) is 0.851. The summed E-state index contributed by atoms with van der Waals surface area (Å²) < 4.78 is 45.0.